The highest BCUT2D eigenvalue weighted by atomic mass is 16.5. The maximum absolute atomic E-state index is 12.5. The Morgan fingerprint density at radius 3 is 2.50 bits per heavy atom. The Hall–Kier alpha value is -2.28. The normalized spacial score (nSPS) is 23.0. The third-order valence-electron chi connectivity index (χ3n) is 6.46. The Balaban J connectivity index is 1.60. The number of ether oxygens (including phenoxy) is 2. The van der Waals surface area contributed by atoms with E-state index in [-0.39, 0.29) is 11.8 Å². The average Bonchev–Trinajstić information content (AvgIpc) is 3.12. The fourth-order valence-electron chi connectivity index (χ4n) is 4.65. The van der Waals surface area contributed by atoms with Gasteiger partial charge in [-0.3, -0.25) is 9.59 Å². The number of hydrogen-bond acceptors (Lipinski definition) is 5. The molecule has 7 nitrogen and oxygen atoms in total. The van der Waals surface area contributed by atoms with Gasteiger partial charge in [-0.05, 0) is 49.8 Å². The van der Waals surface area contributed by atoms with Crippen molar-refractivity contribution in [2.45, 2.75) is 75.3 Å². The second-order valence-electron chi connectivity index (χ2n) is 8.76. The van der Waals surface area contributed by atoms with Gasteiger partial charge in [0.2, 0.25) is 11.8 Å². The van der Waals surface area contributed by atoms with Gasteiger partial charge >= 0.3 is 0 Å². The standard InChI is InChI=1S/C23H34N2O5/c1-29-18-7-6-17(14-19(18)30-2)15-22(13-9-21(27)25-22)12-8-20(26)24-16-23(28)10-4-3-5-11-23/h6-7,14,28H,3-5,8-13,15-16H2,1-2H3,(H,24,26)(H,25,27)/t22-/m0/s1. The Morgan fingerprint density at radius 2 is 1.87 bits per heavy atom. The van der Waals surface area contributed by atoms with Gasteiger partial charge in [0, 0.05) is 24.9 Å². The van der Waals surface area contributed by atoms with E-state index in [0.717, 1.165) is 37.7 Å². The maximum atomic E-state index is 12.5. The lowest BCUT2D eigenvalue weighted by molar-refractivity contribution is -0.124. The van der Waals surface area contributed by atoms with Crippen molar-refractivity contribution in [2.24, 2.45) is 0 Å². The van der Waals surface area contributed by atoms with Crippen LogP contribution >= 0.6 is 0 Å². The topological polar surface area (TPSA) is 96.9 Å². The van der Waals surface area contributed by atoms with Crippen LogP contribution in [0.2, 0.25) is 0 Å². The van der Waals surface area contributed by atoms with Crippen LogP contribution in [0.25, 0.3) is 0 Å². The summed E-state index contributed by atoms with van der Waals surface area (Å²) in [6.07, 6.45) is 7.29. The van der Waals surface area contributed by atoms with Crippen LogP contribution in [-0.2, 0) is 16.0 Å². The quantitative estimate of drug-likeness (QED) is 0.573. The van der Waals surface area contributed by atoms with E-state index in [1.54, 1.807) is 14.2 Å². The van der Waals surface area contributed by atoms with Crippen molar-refractivity contribution in [3.8, 4) is 11.5 Å². The first-order chi connectivity index (χ1) is 14.4. The fraction of sp³-hybridized carbons (Fsp3) is 0.652. The molecular weight excluding hydrogens is 384 g/mol. The van der Waals surface area contributed by atoms with E-state index in [2.05, 4.69) is 10.6 Å². The zero-order chi connectivity index (χ0) is 21.6. The minimum atomic E-state index is -0.771. The number of methoxy groups -OCH3 is 2. The van der Waals surface area contributed by atoms with Crippen LogP contribution in [0.5, 0.6) is 11.5 Å². The molecule has 3 N–H and O–H groups in total. The van der Waals surface area contributed by atoms with E-state index in [1.807, 2.05) is 18.2 Å². The van der Waals surface area contributed by atoms with E-state index < -0.39 is 11.1 Å². The van der Waals surface area contributed by atoms with Crippen LogP contribution in [0.4, 0.5) is 0 Å². The fourth-order valence-corrected chi connectivity index (χ4v) is 4.65. The molecule has 1 atom stereocenters. The second kappa shape index (κ2) is 9.69. The number of aliphatic hydroxyl groups is 1. The first-order valence-corrected chi connectivity index (χ1v) is 10.9. The van der Waals surface area contributed by atoms with Crippen molar-refractivity contribution in [1.29, 1.82) is 0 Å². The lowest BCUT2D eigenvalue weighted by atomic mass is 9.84. The molecule has 1 aliphatic carbocycles. The molecule has 0 radical (unpaired) electrons. The molecule has 0 unspecified atom stereocenters. The number of amides is 2. The molecule has 166 valence electrons. The molecule has 2 aliphatic rings. The van der Waals surface area contributed by atoms with Crippen LogP contribution in [0.1, 0.15) is 63.4 Å². The number of benzene rings is 1. The minimum absolute atomic E-state index is 0.0207. The predicted molar refractivity (Wildman–Crippen MR) is 114 cm³/mol. The van der Waals surface area contributed by atoms with Crippen LogP contribution in [0, 0.1) is 0 Å². The Morgan fingerprint density at radius 1 is 1.13 bits per heavy atom. The molecule has 2 fully saturated rings. The van der Waals surface area contributed by atoms with Gasteiger partial charge in [0.25, 0.3) is 0 Å². The number of nitrogens with one attached hydrogen (secondary N) is 2. The largest absolute Gasteiger partial charge is 0.493 e. The summed E-state index contributed by atoms with van der Waals surface area (Å²) in [5, 5.41) is 16.6. The van der Waals surface area contributed by atoms with E-state index in [4.69, 9.17) is 9.47 Å². The third-order valence-corrected chi connectivity index (χ3v) is 6.46. The predicted octanol–water partition coefficient (Wildman–Crippen LogP) is 2.49. The highest BCUT2D eigenvalue weighted by Gasteiger charge is 2.38. The summed E-state index contributed by atoms with van der Waals surface area (Å²) in [5.74, 6) is 1.24. The van der Waals surface area contributed by atoms with Crippen LogP contribution in [0.15, 0.2) is 18.2 Å². The van der Waals surface area contributed by atoms with Gasteiger partial charge in [0.1, 0.15) is 0 Å². The molecule has 0 bridgehead atoms. The van der Waals surface area contributed by atoms with Gasteiger partial charge in [-0.15, -0.1) is 0 Å². The molecule has 1 saturated carbocycles. The summed E-state index contributed by atoms with van der Waals surface area (Å²) >= 11 is 0. The van der Waals surface area contributed by atoms with Crippen molar-refractivity contribution in [3.63, 3.8) is 0 Å². The molecule has 1 aromatic carbocycles. The SMILES string of the molecule is COc1ccc(C[C@]2(CCC(=O)NCC3(O)CCCCC3)CCC(=O)N2)cc1OC. The zero-order valence-corrected chi connectivity index (χ0v) is 18.1. The Kier molecular flexibility index (Phi) is 7.23. The van der Waals surface area contributed by atoms with E-state index in [0.29, 0.717) is 50.1 Å². The highest BCUT2D eigenvalue weighted by molar-refractivity contribution is 5.80. The van der Waals surface area contributed by atoms with Gasteiger partial charge < -0.3 is 25.2 Å². The molecule has 30 heavy (non-hydrogen) atoms. The van der Waals surface area contributed by atoms with Crippen LogP contribution in [-0.4, -0.2) is 48.8 Å². The molecule has 1 aromatic rings. The van der Waals surface area contributed by atoms with E-state index in [1.165, 1.54) is 0 Å². The average molecular weight is 419 g/mol. The monoisotopic (exact) mass is 418 g/mol. The number of rotatable bonds is 9. The summed E-state index contributed by atoms with van der Waals surface area (Å²) in [6, 6.07) is 5.74. The number of carbonyl (C=O) groups is 2. The van der Waals surface area contributed by atoms with Crippen molar-refractivity contribution >= 4 is 11.8 Å². The number of carbonyl (C=O) groups excluding carboxylic acids is 2. The molecular formula is C23H34N2O5. The van der Waals surface area contributed by atoms with Crippen molar-refractivity contribution in [3.05, 3.63) is 23.8 Å². The third kappa shape index (κ3) is 5.65. The molecule has 7 heteroatoms. The van der Waals surface area contributed by atoms with Crippen molar-refractivity contribution in [2.75, 3.05) is 20.8 Å². The van der Waals surface area contributed by atoms with Gasteiger partial charge in [0.05, 0.1) is 19.8 Å². The lowest BCUT2D eigenvalue weighted by Crippen LogP contribution is -2.46. The van der Waals surface area contributed by atoms with Crippen LogP contribution < -0.4 is 20.1 Å². The van der Waals surface area contributed by atoms with Gasteiger partial charge in [-0.1, -0.05) is 25.3 Å². The first-order valence-electron chi connectivity index (χ1n) is 10.9. The molecule has 1 saturated heterocycles. The highest BCUT2D eigenvalue weighted by Crippen LogP contribution is 2.33. The zero-order valence-electron chi connectivity index (χ0n) is 18.1. The molecule has 0 spiro atoms. The summed E-state index contributed by atoms with van der Waals surface area (Å²) in [4.78, 5) is 24.5. The maximum Gasteiger partial charge on any atom is 0.220 e. The van der Waals surface area contributed by atoms with Crippen molar-refractivity contribution < 1.29 is 24.2 Å². The van der Waals surface area contributed by atoms with E-state index in [9.17, 15) is 14.7 Å². The van der Waals surface area contributed by atoms with Crippen molar-refractivity contribution in [1.82, 2.24) is 10.6 Å². The molecule has 2 amide bonds. The second-order valence-corrected chi connectivity index (χ2v) is 8.76. The lowest BCUT2D eigenvalue weighted by Gasteiger charge is -2.32. The summed E-state index contributed by atoms with van der Waals surface area (Å²) < 4.78 is 10.7. The van der Waals surface area contributed by atoms with Gasteiger partial charge in [-0.25, -0.2) is 0 Å². The number of hydrogen-bond donors (Lipinski definition) is 3. The molecule has 3 rings (SSSR count). The Labute approximate surface area is 178 Å². The molecule has 1 heterocycles. The molecule has 0 aromatic heterocycles. The summed E-state index contributed by atoms with van der Waals surface area (Å²) in [5.41, 5.74) is -0.199. The van der Waals surface area contributed by atoms with Crippen LogP contribution in [0.3, 0.4) is 0 Å². The summed E-state index contributed by atoms with van der Waals surface area (Å²) in [6.45, 7) is 0.306. The Bertz CT molecular complexity index is 760. The van der Waals surface area contributed by atoms with Gasteiger partial charge in [0.15, 0.2) is 11.5 Å². The van der Waals surface area contributed by atoms with E-state index >= 15 is 0 Å². The summed E-state index contributed by atoms with van der Waals surface area (Å²) in [7, 11) is 3.19. The molecule has 1 aliphatic heterocycles. The smallest absolute Gasteiger partial charge is 0.220 e. The first kappa shape index (κ1) is 22.4. The minimum Gasteiger partial charge on any atom is -0.493 e. The van der Waals surface area contributed by atoms with Gasteiger partial charge in [-0.2, -0.15) is 0 Å².